The van der Waals surface area contributed by atoms with Crippen LogP contribution in [0.15, 0.2) is 12.3 Å². The molecule has 0 radical (unpaired) electrons. The van der Waals surface area contributed by atoms with E-state index in [1.807, 2.05) is 11.8 Å². The number of aliphatic hydroxyl groups excluding tert-OH is 1. The molecular formula is C11H18N4O2S. The summed E-state index contributed by atoms with van der Waals surface area (Å²) in [6.45, 7) is 4.28. The zero-order valence-corrected chi connectivity index (χ0v) is 11.2. The molecule has 0 atom stereocenters. The van der Waals surface area contributed by atoms with Gasteiger partial charge >= 0.3 is 0 Å². The minimum Gasteiger partial charge on any atom is -0.394 e. The van der Waals surface area contributed by atoms with Gasteiger partial charge in [0.1, 0.15) is 10.7 Å². The molecule has 0 bridgehead atoms. The highest BCUT2D eigenvalue weighted by molar-refractivity contribution is 7.80. The predicted molar refractivity (Wildman–Crippen MR) is 73.7 cm³/mol. The van der Waals surface area contributed by atoms with Crippen molar-refractivity contribution in [3.63, 3.8) is 0 Å². The van der Waals surface area contributed by atoms with Crippen molar-refractivity contribution in [3.8, 4) is 0 Å². The smallest absolute Gasteiger partial charge is 0.226 e. The van der Waals surface area contributed by atoms with Crippen LogP contribution in [-0.2, 0) is 4.74 Å². The fourth-order valence-corrected chi connectivity index (χ4v) is 1.49. The Bertz CT molecular complexity index is 389. The quantitative estimate of drug-likeness (QED) is 0.506. The molecule has 0 amide bonds. The SMILES string of the molecule is CCN(CCOCCO)c1nccc(C(N)=S)n1. The first-order valence-electron chi connectivity index (χ1n) is 5.75. The molecule has 0 spiro atoms. The summed E-state index contributed by atoms with van der Waals surface area (Å²) < 4.78 is 5.22. The van der Waals surface area contributed by atoms with Gasteiger partial charge in [-0.3, -0.25) is 0 Å². The minimum absolute atomic E-state index is 0.0273. The Labute approximate surface area is 112 Å². The van der Waals surface area contributed by atoms with Crippen LogP contribution >= 0.6 is 12.2 Å². The Kier molecular flexibility index (Phi) is 6.48. The molecule has 0 saturated heterocycles. The van der Waals surface area contributed by atoms with E-state index >= 15 is 0 Å². The molecule has 18 heavy (non-hydrogen) atoms. The van der Waals surface area contributed by atoms with Gasteiger partial charge in [0.05, 0.1) is 19.8 Å². The largest absolute Gasteiger partial charge is 0.394 e. The van der Waals surface area contributed by atoms with Crippen molar-refractivity contribution in [1.29, 1.82) is 0 Å². The topological polar surface area (TPSA) is 84.5 Å². The summed E-state index contributed by atoms with van der Waals surface area (Å²) in [5, 5.41) is 8.61. The van der Waals surface area contributed by atoms with E-state index in [0.717, 1.165) is 6.54 Å². The van der Waals surface area contributed by atoms with Crippen molar-refractivity contribution in [3.05, 3.63) is 18.0 Å². The highest BCUT2D eigenvalue weighted by Gasteiger charge is 2.09. The zero-order chi connectivity index (χ0) is 13.4. The number of anilines is 1. The molecule has 0 aliphatic carbocycles. The lowest BCUT2D eigenvalue weighted by atomic mass is 10.4. The maximum atomic E-state index is 8.61. The molecule has 1 aromatic rings. The summed E-state index contributed by atoms with van der Waals surface area (Å²) in [5.41, 5.74) is 6.09. The maximum absolute atomic E-state index is 8.61. The van der Waals surface area contributed by atoms with Crippen molar-refractivity contribution in [2.24, 2.45) is 5.73 Å². The lowest BCUT2D eigenvalue weighted by Crippen LogP contribution is -2.30. The first kappa shape index (κ1) is 14.7. The summed E-state index contributed by atoms with van der Waals surface area (Å²) in [4.78, 5) is 10.7. The standard InChI is InChI=1S/C11H18N4O2S/c1-2-15(5-7-17-8-6-16)11-13-4-3-9(14-11)10(12)18/h3-4,16H,2,5-8H2,1H3,(H2,12,18). The molecule has 1 heterocycles. The van der Waals surface area contributed by atoms with Crippen molar-refractivity contribution in [2.75, 3.05) is 37.8 Å². The highest BCUT2D eigenvalue weighted by atomic mass is 32.1. The molecule has 0 saturated carbocycles. The van der Waals surface area contributed by atoms with Crippen LogP contribution in [-0.4, -0.2) is 53.0 Å². The summed E-state index contributed by atoms with van der Waals surface area (Å²) in [5.74, 6) is 0.579. The number of aromatic nitrogens is 2. The Morgan fingerprint density at radius 2 is 2.33 bits per heavy atom. The second kappa shape index (κ2) is 7.91. The minimum atomic E-state index is 0.0273. The van der Waals surface area contributed by atoms with Crippen LogP contribution in [0.25, 0.3) is 0 Å². The Morgan fingerprint density at radius 1 is 1.56 bits per heavy atom. The zero-order valence-electron chi connectivity index (χ0n) is 10.4. The van der Waals surface area contributed by atoms with Gasteiger partial charge in [-0.2, -0.15) is 0 Å². The third-order valence-corrected chi connectivity index (χ3v) is 2.51. The number of likely N-dealkylation sites (N-methyl/N-ethyl adjacent to an activating group) is 1. The molecule has 3 N–H and O–H groups in total. The lowest BCUT2D eigenvalue weighted by molar-refractivity contribution is 0.0966. The third kappa shape index (κ3) is 4.52. The maximum Gasteiger partial charge on any atom is 0.226 e. The second-order valence-corrected chi connectivity index (χ2v) is 3.96. The molecule has 0 aliphatic rings. The Balaban J connectivity index is 2.63. The van der Waals surface area contributed by atoms with Gasteiger partial charge < -0.3 is 20.5 Å². The number of hydrogen-bond donors (Lipinski definition) is 2. The van der Waals surface area contributed by atoms with Gasteiger partial charge in [-0.25, -0.2) is 9.97 Å². The van der Waals surface area contributed by atoms with E-state index in [2.05, 4.69) is 9.97 Å². The molecule has 7 heteroatoms. The number of hydrogen-bond acceptors (Lipinski definition) is 6. The van der Waals surface area contributed by atoms with Gasteiger partial charge in [-0.1, -0.05) is 12.2 Å². The number of aliphatic hydroxyl groups is 1. The van der Waals surface area contributed by atoms with E-state index in [-0.39, 0.29) is 11.6 Å². The number of nitrogens with two attached hydrogens (primary N) is 1. The van der Waals surface area contributed by atoms with E-state index in [0.29, 0.717) is 31.4 Å². The van der Waals surface area contributed by atoms with Gasteiger partial charge in [-0.15, -0.1) is 0 Å². The number of nitrogens with zero attached hydrogens (tertiary/aromatic N) is 3. The van der Waals surface area contributed by atoms with Gasteiger partial charge in [0.2, 0.25) is 5.95 Å². The Morgan fingerprint density at radius 3 is 2.94 bits per heavy atom. The van der Waals surface area contributed by atoms with Crippen LogP contribution in [0.4, 0.5) is 5.95 Å². The van der Waals surface area contributed by atoms with Gasteiger partial charge in [0.25, 0.3) is 0 Å². The highest BCUT2D eigenvalue weighted by Crippen LogP contribution is 2.07. The first-order chi connectivity index (χ1) is 8.69. The number of ether oxygens (including phenoxy) is 1. The molecule has 0 aliphatic heterocycles. The lowest BCUT2D eigenvalue weighted by Gasteiger charge is -2.20. The fourth-order valence-electron chi connectivity index (χ4n) is 1.38. The van der Waals surface area contributed by atoms with E-state index in [1.165, 1.54) is 0 Å². The summed E-state index contributed by atoms with van der Waals surface area (Å²) in [6, 6.07) is 1.68. The monoisotopic (exact) mass is 270 g/mol. The van der Waals surface area contributed by atoms with Crippen LogP contribution in [0.2, 0.25) is 0 Å². The third-order valence-electron chi connectivity index (χ3n) is 2.30. The van der Waals surface area contributed by atoms with Crippen molar-refractivity contribution in [1.82, 2.24) is 9.97 Å². The van der Waals surface area contributed by atoms with Crippen LogP contribution in [0, 0.1) is 0 Å². The first-order valence-corrected chi connectivity index (χ1v) is 6.16. The van der Waals surface area contributed by atoms with Crippen molar-refractivity contribution >= 4 is 23.2 Å². The summed E-state index contributed by atoms with van der Waals surface area (Å²) in [7, 11) is 0. The molecule has 100 valence electrons. The van der Waals surface area contributed by atoms with Crippen molar-refractivity contribution in [2.45, 2.75) is 6.92 Å². The number of rotatable bonds is 8. The summed E-state index contributed by atoms with van der Waals surface area (Å²) in [6.07, 6.45) is 1.63. The molecule has 0 unspecified atom stereocenters. The van der Waals surface area contributed by atoms with Crippen LogP contribution in [0.3, 0.4) is 0 Å². The normalized spacial score (nSPS) is 10.3. The van der Waals surface area contributed by atoms with Gasteiger partial charge in [0.15, 0.2) is 0 Å². The molecular weight excluding hydrogens is 252 g/mol. The molecule has 0 aromatic carbocycles. The molecule has 0 fully saturated rings. The van der Waals surface area contributed by atoms with E-state index in [1.54, 1.807) is 12.3 Å². The van der Waals surface area contributed by atoms with Crippen molar-refractivity contribution < 1.29 is 9.84 Å². The van der Waals surface area contributed by atoms with Gasteiger partial charge in [-0.05, 0) is 13.0 Å². The Hall–Kier alpha value is -1.31. The predicted octanol–water partition coefficient (Wildman–Crippen LogP) is -0.0540. The van der Waals surface area contributed by atoms with Gasteiger partial charge in [0, 0.05) is 19.3 Å². The molecule has 1 rings (SSSR count). The summed E-state index contributed by atoms with van der Waals surface area (Å²) >= 11 is 4.88. The molecule has 6 nitrogen and oxygen atoms in total. The van der Waals surface area contributed by atoms with E-state index in [9.17, 15) is 0 Å². The van der Waals surface area contributed by atoms with Crippen LogP contribution < -0.4 is 10.6 Å². The molecule has 1 aromatic heterocycles. The number of thiocarbonyl (C=S) groups is 1. The second-order valence-electron chi connectivity index (χ2n) is 3.52. The van der Waals surface area contributed by atoms with Crippen LogP contribution in [0.5, 0.6) is 0 Å². The average Bonchev–Trinajstić information content (AvgIpc) is 2.39. The fraction of sp³-hybridized carbons (Fsp3) is 0.545. The van der Waals surface area contributed by atoms with E-state index < -0.39 is 0 Å². The average molecular weight is 270 g/mol. The van der Waals surface area contributed by atoms with E-state index in [4.69, 9.17) is 27.8 Å². The van der Waals surface area contributed by atoms with Crippen LogP contribution in [0.1, 0.15) is 12.6 Å².